The van der Waals surface area contributed by atoms with Crippen molar-refractivity contribution in [1.82, 2.24) is 0 Å². The second kappa shape index (κ2) is 3.70. The van der Waals surface area contributed by atoms with Crippen molar-refractivity contribution in [2.75, 3.05) is 6.61 Å². The Morgan fingerprint density at radius 1 is 1.54 bits per heavy atom. The fraction of sp³-hybridized carbons (Fsp3) is 0.818. The number of hydrogen-bond acceptors (Lipinski definition) is 2. The molecule has 2 nitrogen and oxygen atoms in total. The Morgan fingerprint density at radius 3 is 2.85 bits per heavy atom. The van der Waals surface area contributed by atoms with Crippen LogP contribution < -0.4 is 5.73 Å². The monoisotopic (exact) mass is 181 g/mol. The van der Waals surface area contributed by atoms with E-state index in [-0.39, 0.29) is 6.04 Å². The molecule has 2 rings (SSSR count). The van der Waals surface area contributed by atoms with E-state index in [1.807, 2.05) is 0 Å². The quantitative estimate of drug-likeness (QED) is 0.723. The Balaban J connectivity index is 1.93. The van der Waals surface area contributed by atoms with E-state index < -0.39 is 0 Å². The summed E-state index contributed by atoms with van der Waals surface area (Å²) in [6, 6.07) is 0.146. The van der Waals surface area contributed by atoms with Crippen molar-refractivity contribution in [3.8, 4) is 0 Å². The maximum Gasteiger partial charge on any atom is 0.109 e. The normalized spacial score (nSPS) is 27.4. The molecule has 2 unspecified atom stereocenters. The van der Waals surface area contributed by atoms with E-state index in [1.54, 1.807) is 0 Å². The molecule has 0 radical (unpaired) electrons. The standard InChI is InChI=1S/C11H19NO/c1-8(9-5-6-9)11(12)10-4-2-3-7-13-10/h4,8-9,11H,2-3,5-7,12H2,1H3. The van der Waals surface area contributed by atoms with Crippen LogP contribution in [-0.2, 0) is 4.74 Å². The zero-order chi connectivity index (χ0) is 9.26. The first-order valence-corrected chi connectivity index (χ1v) is 5.37. The predicted molar refractivity (Wildman–Crippen MR) is 53.1 cm³/mol. The number of hydrogen-bond donors (Lipinski definition) is 1. The van der Waals surface area contributed by atoms with Gasteiger partial charge in [0.25, 0.3) is 0 Å². The summed E-state index contributed by atoms with van der Waals surface area (Å²) in [5, 5.41) is 0. The molecular formula is C11H19NO. The van der Waals surface area contributed by atoms with Crippen LogP contribution in [0.15, 0.2) is 11.8 Å². The van der Waals surface area contributed by atoms with Gasteiger partial charge in [-0.3, -0.25) is 0 Å². The average molecular weight is 181 g/mol. The van der Waals surface area contributed by atoms with Crippen LogP contribution in [0.1, 0.15) is 32.6 Å². The fourth-order valence-corrected chi connectivity index (χ4v) is 1.98. The Bertz CT molecular complexity index is 208. The van der Waals surface area contributed by atoms with Gasteiger partial charge in [0.15, 0.2) is 0 Å². The highest BCUT2D eigenvalue weighted by Crippen LogP contribution is 2.39. The third kappa shape index (κ3) is 2.05. The molecule has 1 aliphatic heterocycles. The van der Waals surface area contributed by atoms with Crippen molar-refractivity contribution in [3.63, 3.8) is 0 Å². The zero-order valence-corrected chi connectivity index (χ0v) is 8.33. The molecule has 13 heavy (non-hydrogen) atoms. The molecule has 74 valence electrons. The summed E-state index contributed by atoms with van der Waals surface area (Å²) in [6.07, 6.45) is 7.19. The van der Waals surface area contributed by atoms with E-state index in [2.05, 4.69) is 13.0 Å². The molecule has 2 heteroatoms. The largest absolute Gasteiger partial charge is 0.497 e. The van der Waals surface area contributed by atoms with Crippen LogP contribution in [0.4, 0.5) is 0 Å². The van der Waals surface area contributed by atoms with Crippen LogP contribution in [0, 0.1) is 11.8 Å². The molecule has 0 aromatic rings. The zero-order valence-electron chi connectivity index (χ0n) is 8.33. The van der Waals surface area contributed by atoms with Crippen LogP contribution in [0.25, 0.3) is 0 Å². The van der Waals surface area contributed by atoms with Gasteiger partial charge in [0.1, 0.15) is 5.76 Å². The lowest BCUT2D eigenvalue weighted by molar-refractivity contribution is 0.160. The summed E-state index contributed by atoms with van der Waals surface area (Å²) < 4.78 is 5.57. The first kappa shape index (κ1) is 9.07. The molecule has 0 aromatic carbocycles. The van der Waals surface area contributed by atoms with Gasteiger partial charge in [-0.15, -0.1) is 0 Å². The molecule has 1 fully saturated rings. The topological polar surface area (TPSA) is 35.2 Å². The molecular weight excluding hydrogens is 162 g/mol. The van der Waals surface area contributed by atoms with E-state index in [0.29, 0.717) is 5.92 Å². The summed E-state index contributed by atoms with van der Waals surface area (Å²) in [5.41, 5.74) is 6.14. The van der Waals surface area contributed by atoms with Gasteiger partial charge in [-0.2, -0.15) is 0 Å². The SMILES string of the molecule is CC(C1CC1)C(N)C1=CCCCO1. The van der Waals surface area contributed by atoms with E-state index in [4.69, 9.17) is 10.5 Å². The van der Waals surface area contributed by atoms with Gasteiger partial charge in [0, 0.05) is 0 Å². The van der Waals surface area contributed by atoms with Crippen molar-refractivity contribution < 1.29 is 4.74 Å². The van der Waals surface area contributed by atoms with Gasteiger partial charge in [-0.25, -0.2) is 0 Å². The van der Waals surface area contributed by atoms with Crippen molar-refractivity contribution in [2.45, 2.75) is 38.6 Å². The minimum Gasteiger partial charge on any atom is -0.497 e. The maximum atomic E-state index is 6.14. The van der Waals surface area contributed by atoms with Gasteiger partial charge in [0.2, 0.25) is 0 Å². The molecule has 0 aromatic heterocycles. The third-order valence-corrected chi connectivity index (χ3v) is 3.22. The Morgan fingerprint density at radius 2 is 2.31 bits per heavy atom. The predicted octanol–water partition coefficient (Wildman–Crippen LogP) is 2.05. The molecule has 0 saturated heterocycles. The lowest BCUT2D eigenvalue weighted by Gasteiger charge is -2.25. The van der Waals surface area contributed by atoms with Crippen molar-refractivity contribution in [2.24, 2.45) is 17.6 Å². The molecule has 2 aliphatic rings. The Labute approximate surface area is 80.1 Å². The van der Waals surface area contributed by atoms with Crippen LogP contribution >= 0.6 is 0 Å². The Kier molecular flexibility index (Phi) is 2.58. The van der Waals surface area contributed by atoms with Crippen LogP contribution in [0.2, 0.25) is 0 Å². The summed E-state index contributed by atoms with van der Waals surface area (Å²) in [4.78, 5) is 0. The number of nitrogens with two attached hydrogens (primary N) is 1. The third-order valence-electron chi connectivity index (χ3n) is 3.22. The van der Waals surface area contributed by atoms with E-state index in [9.17, 15) is 0 Å². The highest BCUT2D eigenvalue weighted by atomic mass is 16.5. The average Bonchev–Trinajstić information content (AvgIpc) is 3.00. The van der Waals surface area contributed by atoms with Crippen molar-refractivity contribution in [3.05, 3.63) is 11.8 Å². The lowest BCUT2D eigenvalue weighted by atomic mass is 9.95. The van der Waals surface area contributed by atoms with Crippen molar-refractivity contribution in [1.29, 1.82) is 0 Å². The van der Waals surface area contributed by atoms with Crippen LogP contribution in [0.5, 0.6) is 0 Å². The first-order chi connectivity index (χ1) is 6.29. The lowest BCUT2D eigenvalue weighted by Crippen LogP contribution is -2.33. The van der Waals surface area contributed by atoms with E-state index in [1.165, 1.54) is 12.8 Å². The van der Waals surface area contributed by atoms with Crippen molar-refractivity contribution >= 4 is 0 Å². The highest BCUT2D eigenvalue weighted by Gasteiger charge is 2.33. The highest BCUT2D eigenvalue weighted by molar-refractivity contribution is 5.07. The molecule has 2 atom stereocenters. The molecule has 1 aliphatic carbocycles. The van der Waals surface area contributed by atoms with E-state index in [0.717, 1.165) is 31.1 Å². The first-order valence-electron chi connectivity index (χ1n) is 5.37. The minimum atomic E-state index is 0.146. The molecule has 0 amide bonds. The second-order valence-corrected chi connectivity index (χ2v) is 4.32. The van der Waals surface area contributed by atoms with Gasteiger partial charge in [-0.1, -0.05) is 6.92 Å². The van der Waals surface area contributed by atoms with Gasteiger partial charge >= 0.3 is 0 Å². The summed E-state index contributed by atoms with van der Waals surface area (Å²) in [5.74, 6) is 2.51. The number of allylic oxidation sites excluding steroid dienone is 1. The van der Waals surface area contributed by atoms with Crippen LogP contribution in [-0.4, -0.2) is 12.6 Å². The Hall–Kier alpha value is -0.500. The molecule has 0 spiro atoms. The fourth-order valence-electron chi connectivity index (χ4n) is 1.98. The van der Waals surface area contributed by atoms with Gasteiger partial charge in [0.05, 0.1) is 12.6 Å². The number of ether oxygens (including phenoxy) is 1. The molecule has 0 bridgehead atoms. The van der Waals surface area contributed by atoms with E-state index >= 15 is 0 Å². The summed E-state index contributed by atoms with van der Waals surface area (Å²) >= 11 is 0. The second-order valence-electron chi connectivity index (χ2n) is 4.32. The maximum absolute atomic E-state index is 6.14. The smallest absolute Gasteiger partial charge is 0.109 e. The molecule has 1 heterocycles. The summed E-state index contributed by atoms with van der Waals surface area (Å²) in [7, 11) is 0. The van der Waals surface area contributed by atoms with Crippen LogP contribution in [0.3, 0.4) is 0 Å². The number of rotatable bonds is 3. The molecule has 2 N–H and O–H groups in total. The van der Waals surface area contributed by atoms with Gasteiger partial charge in [-0.05, 0) is 43.6 Å². The summed E-state index contributed by atoms with van der Waals surface area (Å²) in [6.45, 7) is 3.11. The minimum absolute atomic E-state index is 0.146. The van der Waals surface area contributed by atoms with Gasteiger partial charge < -0.3 is 10.5 Å². The molecule has 1 saturated carbocycles.